The molecule has 0 amide bonds. The van der Waals surface area contributed by atoms with Crippen molar-refractivity contribution in [1.82, 2.24) is 0 Å². The average molecular weight is 200 g/mol. The molecule has 0 spiro atoms. The van der Waals surface area contributed by atoms with Crippen molar-refractivity contribution < 1.29 is 29.3 Å². The van der Waals surface area contributed by atoms with Gasteiger partial charge in [-0.3, -0.25) is 4.79 Å². The third kappa shape index (κ3) is 4.70. The highest BCUT2D eigenvalue weighted by atomic mass is 16.5. The van der Waals surface area contributed by atoms with Crippen LogP contribution in [0, 0.1) is 0 Å². The summed E-state index contributed by atoms with van der Waals surface area (Å²) < 4.78 is 4.20. The van der Waals surface area contributed by atoms with Gasteiger partial charge in [-0.2, -0.15) is 0 Å². The van der Waals surface area contributed by atoms with E-state index in [1.807, 2.05) is 0 Å². The fraction of sp³-hybridized carbons (Fsp3) is 0.125. The quantitative estimate of drug-likeness (QED) is 0.372. The molecule has 0 aromatic rings. The SMILES string of the molecule is C=COC(=O)C=C(CC(=O)O)C(=O)O. The Morgan fingerprint density at radius 1 is 1.29 bits per heavy atom. The highest BCUT2D eigenvalue weighted by molar-refractivity contribution is 5.98. The van der Waals surface area contributed by atoms with Crippen molar-refractivity contribution in [3.8, 4) is 0 Å². The molecule has 0 bridgehead atoms. The summed E-state index contributed by atoms with van der Waals surface area (Å²) in [6, 6.07) is 0. The zero-order valence-electron chi connectivity index (χ0n) is 7.10. The molecular formula is C8H8O6. The number of carbonyl (C=O) groups excluding carboxylic acids is 1. The number of hydrogen-bond acceptors (Lipinski definition) is 4. The normalized spacial score (nSPS) is 10.4. The van der Waals surface area contributed by atoms with E-state index in [1.165, 1.54) is 0 Å². The van der Waals surface area contributed by atoms with Crippen molar-refractivity contribution in [2.75, 3.05) is 0 Å². The molecule has 0 aliphatic carbocycles. The Kier molecular flexibility index (Phi) is 4.69. The number of aliphatic carboxylic acids is 2. The molecule has 0 rings (SSSR count). The Hall–Kier alpha value is -2.11. The predicted molar refractivity (Wildman–Crippen MR) is 44.3 cm³/mol. The molecule has 0 saturated heterocycles. The van der Waals surface area contributed by atoms with Gasteiger partial charge in [-0.25, -0.2) is 9.59 Å². The molecule has 6 heteroatoms. The first-order valence-corrected chi connectivity index (χ1v) is 3.44. The molecule has 0 heterocycles. The van der Waals surface area contributed by atoms with Gasteiger partial charge < -0.3 is 14.9 Å². The molecule has 0 aromatic carbocycles. The van der Waals surface area contributed by atoms with E-state index in [0.29, 0.717) is 6.08 Å². The highest BCUT2D eigenvalue weighted by Crippen LogP contribution is 2.02. The number of ether oxygens (including phenoxy) is 1. The predicted octanol–water partition coefficient (Wildman–Crippen LogP) is 0.159. The van der Waals surface area contributed by atoms with E-state index in [1.54, 1.807) is 0 Å². The lowest BCUT2D eigenvalue weighted by molar-refractivity contribution is -0.140. The standard InChI is InChI=1S/C8H8O6/c1-2-14-7(11)4-5(8(12)13)3-6(9)10/h2,4H,1,3H2,(H,9,10)(H,12,13). The zero-order valence-corrected chi connectivity index (χ0v) is 7.10. The Balaban J connectivity index is 4.63. The van der Waals surface area contributed by atoms with Gasteiger partial charge in [0.25, 0.3) is 0 Å². The summed E-state index contributed by atoms with van der Waals surface area (Å²) in [5.74, 6) is -3.79. The first-order chi connectivity index (χ1) is 6.47. The Morgan fingerprint density at radius 3 is 2.21 bits per heavy atom. The molecule has 0 unspecified atom stereocenters. The fourth-order valence-electron chi connectivity index (χ4n) is 0.610. The van der Waals surface area contributed by atoms with Crippen LogP contribution in [0.15, 0.2) is 24.5 Å². The van der Waals surface area contributed by atoms with Crippen LogP contribution in [0.1, 0.15) is 6.42 Å². The lowest BCUT2D eigenvalue weighted by Crippen LogP contribution is -2.09. The molecular weight excluding hydrogens is 192 g/mol. The summed E-state index contributed by atoms with van der Waals surface area (Å²) in [7, 11) is 0. The van der Waals surface area contributed by atoms with Gasteiger partial charge in [-0.1, -0.05) is 6.58 Å². The summed E-state index contributed by atoms with van der Waals surface area (Å²) in [5, 5.41) is 16.8. The van der Waals surface area contributed by atoms with Gasteiger partial charge in [-0.05, 0) is 0 Å². The minimum Gasteiger partial charge on any atom is -0.481 e. The summed E-state index contributed by atoms with van der Waals surface area (Å²) in [6.45, 7) is 3.08. The van der Waals surface area contributed by atoms with Crippen LogP contribution in [0.5, 0.6) is 0 Å². The van der Waals surface area contributed by atoms with E-state index in [2.05, 4.69) is 11.3 Å². The van der Waals surface area contributed by atoms with E-state index >= 15 is 0 Å². The van der Waals surface area contributed by atoms with E-state index < -0.39 is 29.9 Å². The number of hydrogen-bond donors (Lipinski definition) is 2. The van der Waals surface area contributed by atoms with Gasteiger partial charge in [0.1, 0.15) is 0 Å². The molecule has 76 valence electrons. The Bertz CT molecular complexity index is 301. The molecule has 14 heavy (non-hydrogen) atoms. The maximum absolute atomic E-state index is 10.7. The second-order valence-electron chi connectivity index (χ2n) is 2.15. The van der Waals surface area contributed by atoms with Crippen molar-refractivity contribution in [2.24, 2.45) is 0 Å². The van der Waals surface area contributed by atoms with Crippen LogP contribution >= 0.6 is 0 Å². The third-order valence-electron chi connectivity index (χ3n) is 1.11. The molecule has 0 radical (unpaired) electrons. The molecule has 2 N–H and O–H groups in total. The summed E-state index contributed by atoms with van der Waals surface area (Å²) in [6.07, 6.45) is 0.665. The number of rotatable bonds is 5. The monoisotopic (exact) mass is 200 g/mol. The van der Waals surface area contributed by atoms with E-state index in [9.17, 15) is 14.4 Å². The van der Waals surface area contributed by atoms with Crippen LogP contribution in [0.2, 0.25) is 0 Å². The van der Waals surface area contributed by atoms with Crippen molar-refractivity contribution in [3.05, 3.63) is 24.5 Å². The fourth-order valence-corrected chi connectivity index (χ4v) is 0.610. The first kappa shape index (κ1) is 11.9. The van der Waals surface area contributed by atoms with E-state index in [-0.39, 0.29) is 0 Å². The lowest BCUT2D eigenvalue weighted by atomic mass is 10.2. The smallest absolute Gasteiger partial charge is 0.336 e. The van der Waals surface area contributed by atoms with Crippen LogP contribution in [0.25, 0.3) is 0 Å². The van der Waals surface area contributed by atoms with Crippen molar-refractivity contribution in [2.45, 2.75) is 6.42 Å². The van der Waals surface area contributed by atoms with Crippen LogP contribution in [-0.2, 0) is 19.1 Å². The zero-order chi connectivity index (χ0) is 11.1. The molecule has 0 aromatic heterocycles. The van der Waals surface area contributed by atoms with E-state index in [0.717, 1.165) is 6.26 Å². The third-order valence-corrected chi connectivity index (χ3v) is 1.11. The number of carbonyl (C=O) groups is 3. The molecule has 0 saturated carbocycles. The summed E-state index contributed by atoms with van der Waals surface area (Å²) >= 11 is 0. The molecule has 6 nitrogen and oxygen atoms in total. The number of esters is 1. The minimum absolute atomic E-state index is 0.552. The molecule has 0 fully saturated rings. The van der Waals surface area contributed by atoms with Gasteiger partial charge in [0.2, 0.25) is 0 Å². The number of carboxylic acids is 2. The van der Waals surface area contributed by atoms with Crippen molar-refractivity contribution in [3.63, 3.8) is 0 Å². The van der Waals surface area contributed by atoms with E-state index in [4.69, 9.17) is 10.2 Å². The van der Waals surface area contributed by atoms with Crippen molar-refractivity contribution in [1.29, 1.82) is 0 Å². The second kappa shape index (κ2) is 5.52. The maximum Gasteiger partial charge on any atom is 0.336 e. The summed E-state index contributed by atoms with van der Waals surface area (Å²) in [4.78, 5) is 31.3. The average Bonchev–Trinajstić information content (AvgIpc) is 2.02. The Morgan fingerprint density at radius 2 is 1.86 bits per heavy atom. The maximum atomic E-state index is 10.7. The van der Waals surface area contributed by atoms with Crippen LogP contribution in [-0.4, -0.2) is 28.1 Å². The van der Waals surface area contributed by atoms with Crippen LogP contribution in [0.3, 0.4) is 0 Å². The largest absolute Gasteiger partial charge is 0.481 e. The van der Waals surface area contributed by atoms with Crippen LogP contribution in [0.4, 0.5) is 0 Å². The van der Waals surface area contributed by atoms with Gasteiger partial charge >= 0.3 is 17.9 Å². The van der Waals surface area contributed by atoms with Gasteiger partial charge in [0.05, 0.1) is 18.3 Å². The van der Waals surface area contributed by atoms with Gasteiger partial charge in [0, 0.05) is 6.08 Å². The minimum atomic E-state index is -1.48. The van der Waals surface area contributed by atoms with Gasteiger partial charge in [-0.15, -0.1) is 0 Å². The summed E-state index contributed by atoms with van der Waals surface area (Å²) in [5.41, 5.74) is -0.552. The topological polar surface area (TPSA) is 101 Å². The highest BCUT2D eigenvalue weighted by Gasteiger charge is 2.13. The second-order valence-corrected chi connectivity index (χ2v) is 2.15. The van der Waals surface area contributed by atoms with Gasteiger partial charge in [0.15, 0.2) is 0 Å². The lowest BCUT2D eigenvalue weighted by Gasteiger charge is -1.97. The van der Waals surface area contributed by atoms with Crippen molar-refractivity contribution >= 4 is 17.9 Å². The Labute approximate surface area is 79.1 Å². The first-order valence-electron chi connectivity index (χ1n) is 3.44. The molecule has 0 atom stereocenters. The number of carboxylic acid groups (broad SMARTS) is 2. The molecule has 0 aliphatic heterocycles. The van der Waals surface area contributed by atoms with Crippen LogP contribution < -0.4 is 0 Å². The molecule has 0 aliphatic rings.